The molecule has 0 amide bonds. The summed E-state index contributed by atoms with van der Waals surface area (Å²) in [6.45, 7) is 1.74. The number of allylic oxidation sites excluding steroid dienone is 5. The maximum Gasteiger partial charge on any atom is 0.0944 e. The minimum atomic E-state index is 0.606. The molecule has 0 N–H and O–H groups in total. The SMILES string of the molecule is CC(C#N)=CC(C=CC#N)=Cc1ccccc1. The third-order valence-electron chi connectivity index (χ3n) is 2.04. The molecule has 0 heterocycles. The van der Waals surface area contributed by atoms with Crippen LogP contribution in [0.25, 0.3) is 6.08 Å². The molecular weight excluding hydrogens is 208 g/mol. The van der Waals surface area contributed by atoms with E-state index >= 15 is 0 Å². The van der Waals surface area contributed by atoms with Crippen LogP contribution >= 0.6 is 0 Å². The molecule has 2 nitrogen and oxygen atoms in total. The lowest BCUT2D eigenvalue weighted by molar-refractivity contribution is 1.43. The van der Waals surface area contributed by atoms with Gasteiger partial charge in [-0.15, -0.1) is 0 Å². The number of nitrogens with zero attached hydrogens (tertiary/aromatic N) is 2. The molecule has 0 aromatic heterocycles. The van der Waals surface area contributed by atoms with Crippen LogP contribution in [0, 0.1) is 22.7 Å². The van der Waals surface area contributed by atoms with Crippen LogP contribution in [0.1, 0.15) is 12.5 Å². The van der Waals surface area contributed by atoms with Crippen LogP contribution in [0.5, 0.6) is 0 Å². The topological polar surface area (TPSA) is 47.6 Å². The maximum absolute atomic E-state index is 8.74. The van der Waals surface area contributed by atoms with Gasteiger partial charge in [-0.3, -0.25) is 0 Å². The van der Waals surface area contributed by atoms with Crippen molar-refractivity contribution in [2.24, 2.45) is 0 Å². The zero-order valence-electron chi connectivity index (χ0n) is 9.59. The van der Waals surface area contributed by atoms with Crippen LogP contribution in [0.4, 0.5) is 0 Å². The quantitative estimate of drug-likeness (QED) is 0.577. The van der Waals surface area contributed by atoms with E-state index in [9.17, 15) is 0 Å². The summed E-state index contributed by atoms with van der Waals surface area (Å²) in [6.07, 6.45) is 6.76. The first-order chi connectivity index (χ1) is 8.26. The number of benzene rings is 1. The van der Waals surface area contributed by atoms with E-state index in [0.29, 0.717) is 5.57 Å². The van der Waals surface area contributed by atoms with E-state index in [1.807, 2.05) is 42.5 Å². The van der Waals surface area contributed by atoms with Crippen molar-refractivity contribution in [2.45, 2.75) is 6.92 Å². The molecular formula is C15H12N2. The third-order valence-corrected chi connectivity index (χ3v) is 2.04. The van der Waals surface area contributed by atoms with Gasteiger partial charge in [0.05, 0.1) is 12.1 Å². The van der Waals surface area contributed by atoms with E-state index in [1.54, 1.807) is 19.1 Å². The normalized spacial score (nSPS) is 12.2. The first kappa shape index (κ1) is 12.5. The van der Waals surface area contributed by atoms with Crippen molar-refractivity contribution in [1.29, 1.82) is 10.5 Å². The zero-order chi connectivity index (χ0) is 12.5. The highest BCUT2D eigenvalue weighted by Gasteiger charge is 1.92. The van der Waals surface area contributed by atoms with Gasteiger partial charge in [-0.05, 0) is 36.3 Å². The van der Waals surface area contributed by atoms with Crippen LogP contribution < -0.4 is 0 Å². The van der Waals surface area contributed by atoms with E-state index in [2.05, 4.69) is 6.07 Å². The van der Waals surface area contributed by atoms with Gasteiger partial charge >= 0.3 is 0 Å². The van der Waals surface area contributed by atoms with Crippen LogP contribution in [-0.2, 0) is 0 Å². The number of hydrogen-bond acceptors (Lipinski definition) is 2. The summed E-state index contributed by atoms with van der Waals surface area (Å²) in [5.41, 5.74) is 2.47. The third kappa shape index (κ3) is 4.64. The lowest BCUT2D eigenvalue weighted by Crippen LogP contribution is -1.77. The summed E-state index contributed by atoms with van der Waals surface area (Å²) in [7, 11) is 0. The summed E-state index contributed by atoms with van der Waals surface area (Å²) in [5.74, 6) is 0. The monoisotopic (exact) mass is 220 g/mol. The molecule has 0 radical (unpaired) electrons. The second-order valence-electron chi connectivity index (χ2n) is 3.46. The minimum absolute atomic E-state index is 0.606. The molecule has 0 saturated heterocycles. The zero-order valence-corrected chi connectivity index (χ0v) is 9.59. The summed E-state index contributed by atoms with van der Waals surface area (Å²) in [6, 6.07) is 13.8. The van der Waals surface area contributed by atoms with Crippen molar-refractivity contribution in [3.63, 3.8) is 0 Å². The molecule has 1 aromatic rings. The van der Waals surface area contributed by atoms with Crippen molar-refractivity contribution >= 4 is 6.08 Å². The van der Waals surface area contributed by atoms with Gasteiger partial charge < -0.3 is 0 Å². The predicted molar refractivity (Wildman–Crippen MR) is 68.5 cm³/mol. The van der Waals surface area contributed by atoms with Gasteiger partial charge in [0.15, 0.2) is 0 Å². The fraction of sp³-hybridized carbons (Fsp3) is 0.0667. The van der Waals surface area contributed by atoms with Crippen molar-refractivity contribution < 1.29 is 0 Å². The van der Waals surface area contributed by atoms with Gasteiger partial charge in [0, 0.05) is 11.6 Å². The van der Waals surface area contributed by atoms with E-state index in [-0.39, 0.29) is 0 Å². The lowest BCUT2D eigenvalue weighted by atomic mass is 10.1. The molecule has 82 valence electrons. The van der Waals surface area contributed by atoms with Gasteiger partial charge in [0.1, 0.15) is 0 Å². The molecule has 0 aliphatic heterocycles. The number of nitriles is 2. The van der Waals surface area contributed by atoms with E-state index in [0.717, 1.165) is 11.1 Å². The molecule has 0 unspecified atom stereocenters. The predicted octanol–water partition coefficient (Wildman–Crippen LogP) is 3.62. The Kier molecular flexibility index (Phi) is 5.01. The van der Waals surface area contributed by atoms with Crippen molar-refractivity contribution in [3.8, 4) is 12.1 Å². The second-order valence-corrected chi connectivity index (χ2v) is 3.46. The largest absolute Gasteiger partial charge is 0.193 e. The fourth-order valence-corrected chi connectivity index (χ4v) is 1.30. The van der Waals surface area contributed by atoms with Crippen LogP contribution in [0.15, 0.2) is 59.7 Å². The van der Waals surface area contributed by atoms with Gasteiger partial charge in [-0.2, -0.15) is 10.5 Å². The first-order valence-corrected chi connectivity index (χ1v) is 5.17. The minimum Gasteiger partial charge on any atom is -0.193 e. The summed E-state index contributed by atoms with van der Waals surface area (Å²) in [4.78, 5) is 0. The molecule has 2 heteroatoms. The van der Waals surface area contributed by atoms with Crippen molar-refractivity contribution in [1.82, 2.24) is 0 Å². The van der Waals surface area contributed by atoms with E-state index < -0.39 is 0 Å². The Morgan fingerprint density at radius 1 is 1.18 bits per heavy atom. The van der Waals surface area contributed by atoms with E-state index in [1.165, 1.54) is 6.08 Å². The fourth-order valence-electron chi connectivity index (χ4n) is 1.30. The number of hydrogen-bond donors (Lipinski definition) is 0. The first-order valence-electron chi connectivity index (χ1n) is 5.17. The summed E-state index contributed by atoms with van der Waals surface area (Å²) in [5, 5.41) is 17.3. The van der Waals surface area contributed by atoms with Gasteiger partial charge in [-0.1, -0.05) is 30.3 Å². The van der Waals surface area contributed by atoms with E-state index in [4.69, 9.17) is 10.5 Å². The highest BCUT2D eigenvalue weighted by atomic mass is 14.2. The molecule has 0 saturated carbocycles. The lowest BCUT2D eigenvalue weighted by Gasteiger charge is -1.96. The summed E-state index contributed by atoms with van der Waals surface area (Å²) < 4.78 is 0. The Bertz CT molecular complexity index is 535. The molecule has 1 aromatic carbocycles. The van der Waals surface area contributed by atoms with Crippen LogP contribution in [0.3, 0.4) is 0 Å². The summed E-state index contributed by atoms with van der Waals surface area (Å²) >= 11 is 0. The molecule has 17 heavy (non-hydrogen) atoms. The Hall–Kier alpha value is -2.58. The molecule has 0 bridgehead atoms. The molecule has 0 aliphatic carbocycles. The Morgan fingerprint density at radius 3 is 2.47 bits per heavy atom. The standard InChI is InChI=1S/C15H12N2/c1-13(12-17)10-15(8-5-9-16)11-14-6-3-2-4-7-14/h2-8,10-11H,1H3. The molecule has 0 aliphatic rings. The van der Waals surface area contributed by atoms with Gasteiger partial charge in [0.2, 0.25) is 0 Å². The molecule has 1 rings (SSSR count). The van der Waals surface area contributed by atoms with Gasteiger partial charge in [-0.25, -0.2) is 0 Å². The molecule has 0 spiro atoms. The number of rotatable bonds is 3. The highest BCUT2D eigenvalue weighted by Crippen LogP contribution is 2.11. The average molecular weight is 220 g/mol. The van der Waals surface area contributed by atoms with Crippen molar-refractivity contribution in [3.05, 3.63) is 65.3 Å². The average Bonchev–Trinajstić information content (AvgIpc) is 2.37. The second kappa shape index (κ2) is 6.82. The molecule has 0 atom stereocenters. The van der Waals surface area contributed by atoms with Crippen LogP contribution in [-0.4, -0.2) is 0 Å². The highest BCUT2D eigenvalue weighted by molar-refractivity contribution is 5.60. The Morgan fingerprint density at radius 2 is 1.88 bits per heavy atom. The van der Waals surface area contributed by atoms with Gasteiger partial charge in [0.25, 0.3) is 0 Å². The smallest absolute Gasteiger partial charge is 0.0944 e. The molecule has 0 fully saturated rings. The van der Waals surface area contributed by atoms with Crippen LogP contribution in [0.2, 0.25) is 0 Å². The Labute approximate surface area is 101 Å². The Balaban J connectivity index is 3.09. The van der Waals surface area contributed by atoms with Crippen molar-refractivity contribution in [2.75, 3.05) is 0 Å². The maximum atomic E-state index is 8.74.